The lowest BCUT2D eigenvalue weighted by molar-refractivity contribution is -0.121. The van der Waals surface area contributed by atoms with Crippen LogP contribution in [0.2, 0.25) is 0 Å². The molecular formula is C20H21N3O2S3. The smallest absolute Gasteiger partial charge is 0.234 e. The van der Waals surface area contributed by atoms with Crippen LogP contribution in [0.1, 0.15) is 44.6 Å². The Kier molecular flexibility index (Phi) is 5.28. The molecule has 2 aromatic heterocycles. The van der Waals surface area contributed by atoms with E-state index >= 15 is 0 Å². The maximum absolute atomic E-state index is 13.2. The van der Waals surface area contributed by atoms with E-state index in [9.17, 15) is 9.59 Å². The van der Waals surface area contributed by atoms with Crippen molar-refractivity contribution in [3.8, 4) is 0 Å². The lowest BCUT2D eigenvalue weighted by atomic mass is 9.69. The Morgan fingerprint density at radius 1 is 1.36 bits per heavy atom. The van der Waals surface area contributed by atoms with Crippen LogP contribution in [0.3, 0.4) is 0 Å². The summed E-state index contributed by atoms with van der Waals surface area (Å²) >= 11 is 4.53. The zero-order valence-corrected chi connectivity index (χ0v) is 18.3. The number of rotatable bonds is 5. The number of anilines is 1. The van der Waals surface area contributed by atoms with E-state index in [0.717, 1.165) is 26.9 Å². The van der Waals surface area contributed by atoms with Crippen LogP contribution in [0.25, 0.3) is 0 Å². The van der Waals surface area contributed by atoms with Gasteiger partial charge in [-0.2, -0.15) is 11.3 Å². The Balaban J connectivity index is 1.80. The summed E-state index contributed by atoms with van der Waals surface area (Å²) in [4.78, 5) is 28.0. The molecule has 1 unspecified atom stereocenters. The third-order valence-corrected chi connectivity index (χ3v) is 7.74. The molecule has 1 amide bonds. The highest BCUT2D eigenvalue weighted by Crippen LogP contribution is 2.49. The third-order valence-electron chi connectivity index (χ3n) is 5.00. The molecule has 0 radical (unpaired) electrons. The average molecular weight is 432 g/mol. The van der Waals surface area contributed by atoms with Gasteiger partial charge >= 0.3 is 0 Å². The van der Waals surface area contributed by atoms with Crippen LogP contribution >= 0.6 is 34.4 Å². The van der Waals surface area contributed by atoms with Crippen molar-refractivity contribution >= 4 is 51.3 Å². The molecule has 1 atom stereocenters. The Hall–Kier alpha value is -1.77. The maximum Gasteiger partial charge on any atom is 0.234 e. The highest BCUT2D eigenvalue weighted by molar-refractivity contribution is 8.01. The van der Waals surface area contributed by atoms with Crippen molar-refractivity contribution in [2.24, 2.45) is 5.41 Å². The zero-order valence-electron chi connectivity index (χ0n) is 15.8. The van der Waals surface area contributed by atoms with Crippen LogP contribution in [-0.2, 0) is 9.59 Å². The van der Waals surface area contributed by atoms with Crippen LogP contribution in [0, 0.1) is 5.41 Å². The van der Waals surface area contributed by atoms with Crippen LogP contribution in [0.15, 0.2) is 45.1 Å². The SMILES string of the molecule is C=CCSc1nnc(N2C(=O)CC(c3ccsc3)C3=C2CC(C)(C)CC3=O)s1. The Morgan fingerprint density at radius 3 is 2.89 bits per heavy atom. The summed E-state index contributed by atoms with van der Waals surface area (Å²) in [6.07, 6.45) is 3.28. The van der Waals surface area contributed by atoms with Gasteiger partial charge in [-0.3, -0.25) is 14.5 Å². The summed E-state index contributed by atoms with van der Waals surface area (Å²) in [7, 11) is 0. The fraction of sp³-hybridized carbons (Fsp3) is 0.400. The molecule has 4 rings (SSSR count). The van der Waals surface area contributed by atoms with Gasteiger partial charge in [0, 0.05) is 35.8 Å². The van der Waals surface area contributed by atoms with E-state index in [2.05, 4.69) is 30.6 Å². The second-order valence-electron chi connectivity index (χ2n) is 7.79. The largest absolute Gasteiger partial charge is 0.294 e. The van der Waals surface area contributed by atoms with Crippen LogP contribution in [0.4, 0.5) is 5.13 Å². The van der Waals surface area contributed by atoms with Gasteiger partial charge in [0.1, 0.15) is 0 Å². The van der Waals surface area contributed by atoms with Gasteiger partial charge in [0.25, 0.3) is 0 Å². The molecule has 1 aliphatic carbocycles. The van der Waals surface area contributed by atoms with Crippen molar-refractivity contribution in [1.82, 2.24) is 10.2 Å². The number of amides is 1. The van der Waals surface area contributed by atoms with Gasteiger partial charge in [0.15, 0.2) is 10.1 Å². The summed E-state index contributed by atoms with van der Waals surface area (Å²) < 4.78 is 0.797. The van der Waals surface area contributed by atoms with Crippen molar-refractivity contribution in [2.45, 2.75) is 43.4 Å². The van der Waals surface area contributed by atoms with Gasteiger partial charge < -0.3 is 0 Å². The summed E-state index contributed by atoms with van der Waals surface area (Å²) in [5.41, 5.74) is 2.46. The number of carbonyl (C=O) groups is 2. The average Bonchev–Trinajstić information content (AvgIpc) is 3.30. The lowest BCUT2D eigenvalue weighted by Gasteiger charge is -2.41. The van der Waals surface area contributed by atoms with Crippen molar-refractivity contribution in [2.75, 3.05) is 10.7 Å². The molecule has 3 heterocycles. The van der Waals surface area contributed by atoms with E-state index in [4.69, 9.17) is 0 Å². The molecule has 0 aromatic carbocycles. The monoisotopic (exact) mass is 431 g/mol. The number of ketones is 1. The fourth-order valence-corrected chi connectivity index (χ4v) is 6.24. The standard InChI is InChI=1S/C20H21N3O2S3/c1-4-6-27-19-22-21-18(28-19)23-14-9-20(2,3)10-15(24)17(14)13(8-16(23)25)12-5-7-26-11-12/h4-5,7,11,13H,1,6,8-10H2,2-3H3. The van der Waals surface area contributed by atoms with E-state index in [0.29, 0.717) is 18.0 Å². The van der Waals surface area contributed by atoms with Gasteiger partial charge in [0.2, 0.25) is 11.0 Å². The summed E-state index contributed by atoms with van der Waals surface area (Å²) in [6.45, 7) is 7.88. The quantitative estimate of drug-likeness (QED) is 0.377. The summed E-state index contributed by atoms with van der Waals surface area (Å²) in [5.74, 6) is 0.709. The highest BCUT2D eigenvalue weighted by Gasteiger charge is 2.45. The minimum absolute atomic E-state index is 0.0168. The summed E-state index contributed by atoms with van der Waals surface area (Å²) in [6, 6.07) is 2.02. The normalized spacial score (nSPS) is 21.8. The van der Waals surface area contributed by atoms with Gasteiger partial charge in [-0.1, -0.05) is 43.0 Å². The number of Topliss-reactive ketones (excluding diaryl/α,β-unsaturated/α-hetero) is 1. The number of thioether (sulfide) groups is 1. The van der Waals surface area contributed by atoms with Crippen molar-refractivity contribution < 1.29 is 9.59 Å². The first-order chi connectivity index (χ1) is 13.4. The van der Waals surface area contributed by atoms with Crippen molar-refractivity contribution in [1.29, 1.82) is 0 Å². The molecule has 0 spiro atoms. The first-order valence-electron chi connectivity index (χ1n) is 9.08. The van der Waals surface area contributed by atoms with Gasteiger partial charge in [0.05, 0.1) is 0 Å². The van der Waals surface area contributed by atoms with E-state index < -0.39 is 0 Å². The molecule has 8 heteroatoms. The van der Waals surface area contributed by atoms with Crippen LogP contribution in [-0.4, -0.2) is 27.6 Å². The molecule has 0 saturated heterocycles. The Labute approximate surface area is 176 Å². The third kappa shape index (κ3) is 3.60. The molecular weight excluding hydrogens is 410 g/mol. The Bertz CT molecular complexity index is 959. The second kappa shape index (κ2) is 7.57. The number of hydrogen-bond acceptors (Lipinski definition) is 7. The van der Waals surface area contributed by atoms with Crippen LogP contribution in [0.5, 0.6) is 0 Å². The van der Waals surface area contributed by atoms with Gasteiger partial charge in [-0.25, -0.2) is 0 Å². The number of hydrogen-bond donors (Lipinski definition) is 0. The van der Waals surface area contributed by atoms with E-state index in [1.807, 2.05) is 22.9 Å². The van der Waals surface area contributed by atoms with Gasteiger partial charge in [-0.05, 0) is 34.2 Å². The minimum atomic E-state index is -0.184. The minimum Gasteiger partial charge on any atom is -0.294 e. The number of allylic oxidation sites excluding steroid dienone is 2. The summed E-state index contributed by atoms with van der Waals surface area (Å²) in [5, 5.41) is 13.1. The first kappa shape index (κ1) is 19.5. The number of carbonyl (C=O) groups excluding carboxylic acids is 2. The number of nitrogens with zero attached hydrogens (tertiary/aromatic N) is 3. The van der Waals surface area contributed by atoms with E-state index in [-0.39, 0.29) is 29.4 Å². The molecule has 28 heavy (non-hydrogen) atoms. The van der Waals surface area contributed by atoms with E-state index in [1.54, 1.807) is 28.0 Å². The van der Waals surface area contributed by atoms with Crippen molar-refractivity contribution in [3.63, 3.8) is 0 Å². The maximum atomic E-state index is 13.2. The zero-order chi connectivity index (χ0) is 19.9. The molecule has 146 valence electrons. The molecule has 2 aliphatic rings. The van der Waals surface area contributed by atoms with Crippen LogP contribution < -0.4 is 4.90 Å². The molecule has 2 aromatic rings. The molecule has 0 fully saturated rings. The highest BCUT2D eigenvalue weighted by atomic mass is 32.2. The fourth-order valence-electron chi connectivity index (χ4n) is 3.88. The van der Waals surface area contributed by atoms with Crippen molar-refractivity contribution in [3.05, 3.63) is 46.3 Å². The predicted octanol–water partition coefficient (Wildman–Crippen LogP) is 5.04. The van der Waals surface area contributed by atoms with Gasteiger partial charge in [-0.15, -0.1) is 16.8 Å². The predicted molar refractivity (Wildman–Crippen MR) is 115 cm³/mol. The molecule has 0 N–H and O–H groups in total. The lowest BCUT2D eigenvalue weighted by Crippen LogP contribution is -2.43. The molecule has 1 aliphatic heterocycles. The topological polar surface area (TPSA) is 63.2 Å². The molecule has 0 saturated carbocycles. The van der Waals surface area contributed by atoms with E-state index in [1.165, 1.54) is 11.3 Å². The first-order valence-corrected chi connectivity index (χ1v) is 11.8. The molecule has 0 bridgehead atoms. The Morgan fingerprint density at radius 2 is 2.18 bits per heavy atom. The number of aromatic nitrogens is 2. The second-order valence-corrected chi connectivity index (χ2v) is 10.8. The molecule has 5 nitrogen and oxygen atoms in total. The number of thiophene rings is 1.